The standard InChI is InChI=1S/C17H13F3O2/c1-11-2-7-16-15(8-11)12(10-22-16)9-21-14-5-3-13(4-6-14)17(18,19)20/h2-8,10H,9H2,1H3. The molecule has 3 aromatic rings. The highest BCUT2D eigenvalue weighted by Gasteiger charge is 2.30. The molecule has 2 aromatic carbocycles. The highest BCUT2D eigenvalue weighted by Crippen LogP contribution is 2.30. The Morgan fingerprint density at radius 3 is 2.45 bits per heavy atom. The lowest BCUT2D eigenvalue weighted by Gasteiger charge is -2.08. The van der Waals surface area contributed by atoms with E-state index in [-0.39, 0.29) is 6.61 Å². The first-order valence-corrected chi connectivity index (χ1v) is 6.70. The molecule has 114 valence electrons. The molecule has 0 aliphatic rings. The number of fused-ring (bicyclic) bond motifs is 1. The van der Waals surface area contributed by atoms with Crippen LogP contribution in [0.2, 0.25) is 0 Å². The lowest BCUT2D eigenvalue weighted by atomic mass is 10.1. The van der Waals surface area contributed by atoms with Gasteiger partial charge in [-0.2, -0.15) is 13.2 Å². The van der Waals surface area contributed by atoms with Gasteiger partial charge in [-0.1, -0.05) is 11.6 Å². The molecular formula is C17H13F3O2. The predicted octanol–water partition coefficient (Wildman–Crippen LogP) is 5.34. The number of furan rings is 1. The van der Waals surface area contributed by atoms with Crippen LogP contribution in [0.15, 0.2) is 53.1 Å². The van der Waals surface area contributed by atoms with Crippen molar-refractivity contribution in [3.63, 3.8) is 0 Å². The lowest BCUT2D eigenvalue weighted by Crippen LogP contribution is -2.04. The van der Waals surface area contributed by atoms with Gasteiger partial charge in [0.2, 0.25) is 0 Å². The van der Waals surface area contributed by atoms with E-state index >= 15 is 0 Å². The first-order chi connectivity index (χ1) is 10.4. The maximum atomic E-state index is 12.5. The third kappa shape index (κ3) is 2.93. The number of benzene rings is 2. The van der Waals surface area contributed by atoms with Gasteiger partial charge in [0, 0.05) is 10.9 Å². The SMILES string of the molecule is Cc1ccc2occ(COc3ccc(C(F)(F)F)cc3)c2c1. The summed E-state index contributed by atoms with van der Waals surface area (Å²) in [4.78, 5) is 0. The van der Waals surface area contributed by atoms with E-state index in [0.29, 0.717) is 5.75 Å². The lowest BCUT2D eigenvalue weighted by molar-refractivity contribution is -0.137. The fourth-order valence-electron chi connectivity index (χ4n) is 2.21. The second-order valence-electron chi connectivity index (χ2n) is 5.07. The second-order valence-corrected chi connectivity index (χ2v) is 5.07. The maximum absolute atomic E-state index is 12.5. The monoisotopic (exact) mass is 306 g/mol. The number of ether oxygens (including phenoxy) is 1. The van der Waals surface area contributed by atoms with Crippen molar-refractivity contribution >= 4 is 11.0 Å². The predicted molar refractivity (Wildman–Crippen MR) is 76.7 cm³/mol. The van der Waals surface area contributed by atoms with Gasteiger partial charge >= 0.3 is 6.18 Å². The smallest absolute Gasteiger partial charge is 0.416 e. The van der Waals surface area contributed by atoms with Crippen LogP contribution in [0.4, 0.5) is 13.2 Å². The molecule has 0 spiro atoms. The summed E-state index contributed by atoms with van der Waals surface area (Å²) in [7, 11) is 0. The Kier molecular flexibility index (Phi) is 3.56. The third-order valence-corrected chi connectivity index (χ3v) is 3.39. The van der Waals surface area contributed by atoms with Crippen LogP contribution >= 0.6 is 0 Å². The Hall–Kier alpha value is -2.43. The number of hydrogen-bond donors (Lipinski definition) is 0. The van der Waals surface area contributed by atoms with Crippen molar-refractivity contribution in [2.24, 2.45) is 0 Å². The molecule has 0 amide bonds. The molecule has 1 heterocycles. The van der Waals surface area contributed by atoms with Gasteiger partial charge < -0.3 is 9.15 Å². The molecule has 1 aromatic heterocycles. The maximum Gasteiger partial charge on any atom is 0.416 e. The Balaban J connectivity index is 1.75. The summed E-state index contributed by atoms with van der Waals surface area (Å²) in [5, 5.41) is 0.951. The average Bonchev–Trinajstić information content (AvgIpc) is 2.87. The summed E-state index contributed by atoms with van der Waals surface area (Å²) in [5.74, 6) is 0.384. The largest absolute Gasteiger partial charge is 0.489 e. The molecule has 2 nitrogen and oxygen atoms in total. The van der Waals surface area contributed by atoms with E-state index < -0.39 is 11.7 Å². The summed E-state index contributed by atoms with van der Waals surface area (Å²) in [6.07, 6.45) is -2.73. The molecule has 0 aliphatic heterocycles. The van der Waals surface area contributed by atoms with E-state index in [1.54, 1.807) is 6.26 Å². The number of halogens is 3. The third-order valence-electron chi connectivity index (χ3n) is 3.39. The number of hydrogen-bond acceptors (Lipinski definition) is 2. The van der Waals surface area contributed by atoms with Gasteiger partial charge in [-0.3, -0.25) is 0 Å². The van der Waals surface area contributed by atoms with Crippen LogP contribution in [0.1, 0.15) is 16.7 Å². The Bertz CT molecular complexity index is 786. The van der Waals surface area contributed by atoms with E-state index in [1.807, 2.05) is 25.1 Å². The van der Waals surface area contributed by atoms with Crippen molar-refractivity contribution in [2.75, 3.05) is 0 Å². The highest BCUT2D eigenvalue weighted by molar-refractivity contribution is 5.81. The molecule has 0 unspecified atom stereocenters. The molecule has 0 aliphatic carbocycles. The van der Waals surface area contributed by atoms with Gasteiger partial charge in [-0.15, -0.1) is 0 Å². The molecular weight excluding hydrogens is 293 g/mol. The molecule has 22 heavy (non-hydrogen) atoms. The van der Waals surface area contributed by atoms with Gasteiger partial charge in [0.15, 0.2) is 0 Å². The van der Waals surface area contributed by atoms with E-state index in [2.05, 4.69) is 0 Å². The van der Waals surface area contributed by atoms with Crippen molar-refractivity contribution in [1.82, 2.24) is 0 Å². The van der Waals surface area contributed by atoms with Gasteiger partial charge in [-0.05, 0) is 43.3 Å². The first kappa shape index (κ1) is 14.5. The molecule has 0 saturated heterocycles. The van der Waals surface area contributed by atoms with E-state index in [0.717, 1.165) is 34.2 Å². The molecule has 0 saturated carbocycles. The fraction of sp³-hybridized carbons (Fsp3) is 0.176. The summed E-state index contributed by atoms with van der Waals surface area (Å²) >= 11 is 0. The van der Waals surface area contributed by atoms with Crippen LogP contribution < -0.4 is 4.74 Å². The molecule has 3 rings (SSSR count). The molecule has 0 bridgehead atoms. The van der Waals surface area contributed by atoms with Gasteiger partial charge in [-0.25, -0.2) is 0 Å². The van der Waals surface area contributed by atoms with Gasteiger partial charge in [0.05, 0.1) is 11.8 Å². The van der Waals surface area contributed by atoms with Crippen molar-refractivity contribution in [3.05, 3.63) is 65.4 Å². The molecule has 0 atom stereocenters. The van der Waals surface area contributed by atoms with E-state index in [9.17, 15) is 13.2 Å². The minimum Gasteiger partial charge on any atom is -0.489 e. The van der Waals surface area contributed by atoms with Crippen LogP contribution in [0.25, 0.3) is 11.0 Å². The molecule has 5 heteroatoms. The van der Waals surface area contributed by atoms with Crippen LogP contribution in [-0.2, 0) is 12.8 Å². The quantitative estimate of drug-likeness (QED) is 0.652. The molecule has 0 N–H and O–H groups in total. The Morgan fingerprint density at radius 1 is 1.05 bits per heavy atom. The van der Waals surface area contributed by atoms with Gasteiger partial charge in [0.25, 0.3) is 0 Å². The van der Waals surface area contributed by atoms with Crippen LogP contribution in [-0.4, -0.2) is 0 Å². The second kappa shape index (κ2) is 5.40. The van der Waals surface area contributed by atoms with Crippen molar-refractivity contribution < 1.29 is 22.3 Å². The topological polar surface area (TPSA) is 22.4 Å². The van der Waals surface area contributed by atoms with Crippen LogP contribution in [0.5, 0.6) is 5.75 Å². The molecule has 0 fully saturated rings. The Labute approximate surface area is 125 Å². The summed E-state index contributed by atoms with van der Waals surface area (Å²) < 4.78 is 48.4. The Morgan fingerprint density at radius 2 is 1.77 bits per heavy atom. The minimum absolute atomic E-state index is 0.238. The number of rotatable bonds is 3. The zero-order chi connectivity index (χ0) is 15.7. The van der Waals surface area contributed by atoms with Gasteiger partial charge in [0.1, 0.15) is 17.9 Å². The molecule has 0 radical (unpaired) electrons. The summed E-state index contributed by atoms with van der Waals surface area (Å²) in [6, 6.07) is 10.5. The minimum atomic E-state index is -4.34. The number of aryl methyl sites for hydroxylation is 1. The van der Waals surface area contributed by atoms with Crippen LogP contribution in [0.3, 0.4) is 0 Å². The summed E-state index contributed by atoms with van der Waals surface area (Å²) in [6.45, 7) is 2.22. The summed E-state index contributed by atoms with van der Waals surface area (Å²) in [5.41, 5.74) is 2.03. The van der Waals surface area contributed by atoms with E-state index in [1.165, 1.54) is 12.1 Å². The zero-order valence-electron chi connectivity index (χ0n) is 11.8. The fourth-order valence-corrected chi connectivity index (χ4v) is 2.21. The first-order valence-electron chi connectivity index (χ1n) is 6.70. The number of alkyl halides is 3. The van der Waals surface area contributed by atoms with Crippen molar-refractivity contribution in [1.29, 1.82) is 0 Å². The normalized spacial score (nSPS) is 11.8. The van der Waals surface area contributed by atoms with E-state index in [4.69, 9.17) is 9.15 Å². The zero-order valence-corrected chi connectivity index (χ0v) is 11.8. The van der Waals surface area contributed by atoms with Crippen molar-refractivity contribution in [2.45, 2.75) is 19.7 Å². The van der Waals surface area contributed by atoms with Crippen LogP contribution in [0, 0.1) is 6.92 Å². The average molecular weight is 306 g/mol. The van der Waals surface area contributed by atoms with Crippen molar-refractivity contribution in [3.8, 4) is 5.75 Å². The highest BCUT2D eigenvalue weighted by atomic mass is 19.4.